The van der Waals surface area contributed by atoms with E-state index in [0.717, 1.165) is 6.42 Å². The van der Waals surface area contributed by atoms with Gasteiger partial charge in [-0.3, -0.25) is 0 Å². The van der Waals surface area contributed by atoms with Gasteiger partial charge in [-0.15, -0.1) is 0 Å². The van der Waals surface area contributed by atoms with Gasteiger partial charge in [-0.1, -0.05) is 38.1 Å². The Bertz CT molecular complexity index is 225. The summed E-state index contributed by atoms with van der Waals surface area (Å²) in [5.41, 5.74) is 2.57. The van der Waals surface area contributed by atoms with Crippen molar-refractivity contribution in [2.24, 2.45) is 0 Å². The van der Waals surface area contributed by atoms with E-state index < -0.39 is 0 Å². The van der Waals surface area contributed by atoms with Crippen molar-refractivity contribution in [1.82, 2.24) is 0 Å². The maximum atomic E-state index is 8.91. The molecular weight excluding hydrogens is 148 g/mol. The monoisotopic (exact) mass is 164 g/mol. The first kappa shape index (κ1) is 9.27. The quantitative estimate of drug-likeness (QED) is 0.727. The van der Waals surface area contributed by atoms with E-state index in [9.17, 15) is 0 Å². The molecule has 1 rings (SSSR count). The van der Waals surface area contributed by atoms with Gasteiger partial charge in [0.15, 0.2) is 0 Å². The summed E-state index contributed by atoms with van der Waals surface area (Å²) in [4.78, 5) is 0. The zero-order valence-corrected chi connectivity index (χ0v) is 7.75. The molecule has 12 heavy (non-hydrogen) atoms. The summed E-state index contributed by atoms with van der Waals surface area (Å²) in [7, 11) is 0. The first-order chi connectivity index (χ1) is 5.77. The van der Waals surface area contributed by atoms with Crippen molar-refractivity contribution in [2.75, 3.05) is 6.61 Å². The number of benzene rings is 1. The maximum absolute atomic E-state index is 8.91. The Morgan fingerprint density at radius 1 is 1.25 bits per heavy atom. The molecule has 1 N–H and O–H groups in total. The fourth-order valence-corrected chi connectivity index (χ4v) is 1.19. The van der Waals surface area contributed by atoms with Crippen LogP contribution in [-0.4, -0.2) is 11.7 Å². The van der Waals surface area contributed by atoms with Crippen molar-refractivity contribution < 1.29 is 5.11 Å². The molecule has 0 aliphatic heterocycles. The standard InChI is InChI=1S/C11H16O/c1-3-10-4-6-11(7-5-10)9(2)8-12/h4-7,9,12H,3,8H2,1-2H3. The molecule has 0 amide bonds. The summed E-state index contributed by atoms with van der Waals surface area (Å²) in [6, 6.07) is 8.45. The molecule has 0 saturated heterocycles. The third kappa shape index (κ3) is 2.08. The minimum Gasteiger partial charge on any atom is -0.396 e. The molecule has 66 valence electrons. The van der Waals surface area contributed by atoms with E-state index in [0.29, 0.717) is 0 Å². The van der Waals surface area contributed by atoms with Crippen molar-refractivity contribution in [3.05, 3.63) is 35.4 Å². The lowest BCUT2D eigenvalue weighted by Crippen LogP contribution is -1.98. The molecule has 0 radical (unpaired) electrons. The van der Waals surface area contributed by atoms with Crippen LogP contribution >= 0.6 is 0 Å². The van der Waals surface area contributed by atoms with Gasteiger partial charge in [0.05, 0.1) is 0 Å². The Kier molecular flexibility index (Phi) is 3.30. The van der Waals surface area contributed by atoms with E-state index in [2.05, 4.69) is 31.2 Å². The van der Waals surface area contributed by atoms with Gasteiger partial charge in [-0.2, -0.15) is 0 Å². The second-order valence-electron chi connectivity index (χ2n) is 3.18. The van der Waals surface area contributed by atoms with Crippen molar-refractivity contribution in [3.63, 3.8) is 0 Å². The van der Waals surface area contributed by atoms with Gasteiger partial charge < -0.3 is 5.11 Å². The van der Waals surface area contributed by atoms with E-state index in [-0.39, 0.29) is 12.5 Å². The molecular formula is C11H16O. The van der Waals surface area contributed by atoms with E-state index in [1.54, 1.807) is 0 Å². The molecule has 0 bridgehead atoms. The van der Waals surface area contributed by atoms with Crippen LogP contribution in [-0.2, 0) is 6.42 Å². The number of aryl methyl sites for hydroxylation is 1. The second-order valence-corrected chi connectivity index (χ2v) is 3.18. The Labute approximate surface area is 74.1 Å². The van der Waals surface area contributed by atoms with Crippen LogP contribution in [0, 0.1) is 0 Å². The summed E-state index contributed by atoms with van der Waals surface area (Å²) in [5.74, 6) is 0.260. The summed E-state index contributed by atoms with van der Waals surface area (Å²) in [6.45, 7) is 4.40. The normalized spacial score (nSPS) is 12.9. The van der Waals surface area contributed by atoms with Crippen LogP contribution in [0.15, 0.2) is 24.3 Å². The van der Waals surface area contributed by atoms with Crippen LogP contribution in [0.2, 0.25) is 0 Å². The fraction of sp³-hybridized carbons (Fsp3) is 0.455. The van der Waals surface area contributed by atoms with Crippen molar-refractivity contribution in [2.45, 2.75) is 26.2 Å². The highest BCUT2D eigenvalue weighted by molar-refractivity contribution is 5.24. The SMILES string of the molecule is CCc1ccc(C(C)CO)cc1. The fourth-order valence-electron chi connectivity index (χ4n) is 1.19. The van der Waals surface area contributed by atoms with E-state index >= 15 is 0 Å². The molecule has 0 saturated carbocycles. The van der Waals surface area contributed by atoms with Gasteiger partial charge in [-0.25, -0.2) is 0 Å². The Hall–Kier alpha value is -0.820. The smallest absolute Gasteiger partial charge is 0.0497 e. The summed E-state index contributed by atoms with van der Waals surface area (Å²) in [5, 5.41) is 8.91. The molecule has 1 nitrogen and oxygen atoms in total. The van der Waals surface area contributed by atoms with E-state index in [1.165, 1.54) is 11.1 Å². The van der Waals surface area contributed by atoms with Crippen molar-refractivity contribution >= 4 is 0 Å². The van der Waals surface area contributed by atoms with Gasteiger partial charge in [0, 0.05) is 12.5 Å². The van der Waals surface area contributed by atoms with Gasteiger partial charge in [0.2, 0.25) is 0 Å². The highest BCUT2D eigenvalue weighted by atomic mass is 16.3. The first-order valence-electron chi connectivity index (χ1n) is 4.47. The maximum Gasteiger partial charge on any atom is 0.0497 e. The lowest BCUT2D eigenvalue weighted by molar-refractivity contribution is 0.273. The minimum absolute atomic E-state index is 0.228. The van der Waals surface area contributed by atoms with Crippen molar-refractivity contribution in [3.8, 4) is 0 Å². The van der Waals surface area contributed by atoms with Crippen molar-refractivity contribution in [1.29, 1.82) is 0 Å². The molecule has 0 aliphatic rings. The van der Waals surface area contributed by atoms with Crippen LogP contribution in [0.1, 0.15) is 30.9 Å². The number of aliphatic hydroxyl groups is 1. The van der Waals surface area contributed by atoms with E-state index in [1.807, 2.05) is 6.92 Å². The average molecular weight is 164 g/mol. The zero-order valence-electron chi connectivity index (χ0n) is 7.75. The third-order valence-corrected chi connectivity index (χ3v) is 2.23. The number of hydrogen-bond donors (Lipinski definition) is 1. The predicted octanol–water partition coefficient (Wildman–Crippen LogP) is 2.34. The number of rotatable bonds is 3. The van der Waals surface area contributed by atoms with Crippen LogP contribution < -0.4 is 0 Å². The molecule has 0 fully saturated rings. The summed E-state index contributed by atoms with van der Waals surface area (Å²) in [6.07, 6.45) is 1.08. The molecule has 1 aromatic rings. The first-order valence-corrected chi connectivity index (χ1v) is 4.47. The topological polar surface area (TPSA) is 20.2 Å². The Morgan fingerprint density at radius 2 is 1.83 bits per heavy atom. The molecule has 1 atom stereocenters. The van der Waals surface area contributed by atoms with Crippen LogP contribution in [0.4, 0.5) is 0 Å². The Morgan fingerprint density at radius 3 is 2.25 bits per heavy atom. The lowest BCUT2D eigenvalue weighted by Gasteiger charge is -2.08. The zero-order chi connectivity index (χ0) is 8.97. The van der Waals surface area contributed by atoms with Gasteiger partial charge in [0.25, 0.3) is 0 Å². The predicted molar refractivity (Wildman–Crippen MR) is 51.3 cm³/mol. The van der Waals surface area contributed by atoms with Crippen LogP contribution in [0.25, 0.3) is 0 Å². The lowest BCUT2D eigenvalue weighted by atomic mass is 10.0. The molecule has 0 aromatic heterocycles. The molecule has 1 unspecified atom stereocenters. The molecule has 1 aromatic carbocycles. The van der Waals surface area contributed by atoms with Gasteiger partial charge in [-0.05, 0) is 17.5 Å². The summed E-state index contributed by atoms with van der Waals surface area (Å²) >= 11 is 0. The third-order valence-electron chi connectivity index (χ3n) is 2.23. The van der Waals surface area contributed by atoms with E-state index in [4.69, 9.17) is 5.11 Å². The van der Waals surface area contributed by atoms with Crippen LogP contribution in [0.3, 0.4) is 0 Å². The molecule has 1 heteroatoms. The largest absolute Gasteiger partial charge is 0.396 e. The molecule has 0 aliphatic carbocycles. The minimum atomic E-state index is 0.228. The molecule has 0 heterocycles. The van der Waals surface area contributed by atoms with Gasteiger partial charge >= 0.3 is 0 Å². The number of hydrogen-bond acceptors (Lipinski definition) is 1. The average Bonchev–Trinajstić information content (AvgIpc) is 2.17. The molecule has 0 spiro atoms. The van der Waals surface area contributed by atoms with Gasteiger partial charge in [0.1, 0.15) is 0 Å². The summed E-state index contributed by atoms with van der Waals surface area (Å²) < 4.78 is 0. The number of aliphatic hydroxyl groups excluding tert-OH is 1. The van der Waals surface area contributed by atoms with Crippen LogP contribution in [0.5, 0.6) is 0 Å². The highest BCUT2D eigenvalue weighted by Gasteiger charge is 2.01. The highest BCUT2D eigenvalue weighted by Crippen LogP contribution is 2.14. The Balaban J connectivity index is 2.77. The second kappa shape index (κ2) is 4.27.